The predicted molar refractivity (Wildman–Crippen MR) is 278 cm³/mol. The van der Waals surface area contributed by atoms with Crippen LogP contribution in [0.5, 0.6) is 0 Å². The maximum Gasteiger partial charge on any atom is 0.249 e. The normalized spacial score (nSPS) is 20.1. The molecule has 0 radical (unpaired) electrons. The summed E-state index contributed by atoms with van der Waals surface area (Å²) in [6.07, 6.45) is 47.5. The average molecular weight is 955 g/mol. The minimum Gasteiger partial charge on any atom is -0.394 e. The van der Waals surface area contributed by atoms with E-state index >= 15 is 0 Å². The van der Waals surface area contributed by atoms with Crippen LogP contribution >= 0.6 is 0 Å². The van der Waals surface area contributed by atoms with E-state index in [0.29, 0.717) is 6.42 Å². The quantitative estimate of drug-likeness (QED) is 0.0232. The Morgan fingerprint density at radius 2 is 0.851 bits per heavy atom. The van der Waals surface area contributed by atoms with Gasteiger partial charge in [-0.15, -0.1) is 0 Å². The molecule has 0 aromatic carbocycles. The molecule has 398 valence electrons. The van der Waals surface area contributed by atoms with Crippen molar-refractivity contribution in [2.75, 3.05) is 13.2 Å². The lowest BCUT2D eigenvalue weighted by Crippen LogP contribution is -2.60. The zero-order valence-electron chi connectivity index (χ0n) is 43.8. The van der Waals surface area contributed by atoms with Crippen LogP contribution in [0.1, 0.15) is 284 Å². The van der Waals surface area contributed by atoms with Crippen LogP contribution in [0.3, 0.4) is 0 Å². The van der Waals surface area contributed by atoms with Gasteiger partial charge in [0.1, 0.15) is 30.5 Å². The molecule has 8 atom stereocenters. The molecule has 1 heterocycles. The van der Waals surface area contributed by atoms with Crippen LogP contribution in [0.15, 0.2) is 12.2 Å². The second-order valence-corrected chi connectivity index (χ2v) is 20.6. The number of aliphatic hydroxyl groups excluding tert-OH is 6. The molecule has 1 fully saturated rings. The van der Waals surface area contributed by atoms with E-state index in [-0.39, 0.29) is 6.61 Å². The summed E-state index contributed by atoms with van der Waals surface area (Å²) < 4.78 is 11.2. The third kappa shape index (κ3) is 36.5. The molecule has 0 aromatic rings. The Hall–Kier alpha value is -1.11. The fourth-order valence-electron chi connectivity index (χ4n) is 9.52. The molecule has 0 aliphatic carbocycles. The molecule has 1 saturated heterocycles. The molecule has 1 rings (SSSR count). The summed E-state index contributed by atoms with van der Waals surface area (Å²) in [5, 5.41) is 65.0. The van der Waals surface area contributed by atoms with E-state index in [1.54, 1.807) is 6.08 Å². The van der Waals surface area contributed by atoms with Crippen LogP contribution in [0.25, 0.3) is 0 Å². The minimum absolute atomic E-state index is 0.301. The summed E-state index contributed by atoms with van der Waals surface area (Å²) in [7, 11) is 0. The Morgan fingerprint density at radius 3 is 1.21 bits per heavy atom. The molecule has 8 unspecified atom stereocenters. The van der Waals surface area contributed by atoms with Crippen molar-refractivity contribution < 1.29 is 44.9 Å². The highest BCUT2D eigenvalue weighted by Crippen LogP contribution is 2.23. The van der Waals surface area contributed by atoms with E-state index in [0.717, 1.165) is 44.9 Å². The van der Waals surface area contributed by atoms with Crippen molar-refractivity contribution in [1.29, 1.82) is 0 Å². The highest BCUT2D eigenvalue weighted by molar-refractivity contribution is 5.80. The Kier molecular flexibility index (Phi) is 45.0. The molecule has 10 heteroatoms. The molecule has 0 saturated carbocycles. The molecule has 1 aliphatic rings. The smallest absolute Gasteiger partial charge is 0.249 e. The van der Waals surface area contributed by atoms with Gasteiger partial charge in [0, 0.05) is 0 Å². The Labute approximate surface area is 412 Å². The number of carbonyl (C=O) groups excluding carboxylic acids is 1. The summed E-state index contributed by atoms with van der Waals surface area (Å²) >= 11 is 0. The van der Waals surface area contributed by atoms with Crippen LogP contribution in [0.2, 0.25) is 0 Å². The predicted octanol–water partition coefficient (Wildman–Crippen LogP) is 13.0. The van der Waals surface area contributed by atoms with Crippen molar-refractivity contribution in [1.82, 2.24) is 5.32 Å². The van der Waals surface area contributed by atoms with Gasteiger partial charge in [-0.2, -0.15) is 0 Å². The van der Waals surface area contributed by atoms with Crippen LogP contribution < -0.4 is 5.32 Å². The fraction of sp³-hybridized carbons (Fsp3) is 0.947. The van der Waals surface area contributed by atoms with E-state index in [4.69, 9.17) is 9.47 Å². The highest BCUT2D eigenvalue weighted by atomic mass is 16.7. The minimum atomic E-state index is -1.61. The SMILES string of the molecule is CCCCCCCCCCCCCC/C=C/C(O)C(COC1OC(CO)C(O)C(O)C1O)NC(=O)C(O)CCCCCCCCCCCCCCCCCCCCCCCCCCCCCC. The van der Waals surface area contributed by atoms with Gasteiger partial charge in [-0.25, -0.2) is 0 Å². The summed E-state index contributed by atoms with van der Waals surface area (Å²) in [5.74, 6) is -0.610. The van der Waals surface area contributed by atoms with Gasteiger partial charge in [0.15, 0.2) is 6.29 Å². The average Bonchev–Trinajstić information content (AvgIpc) is 3.33. The van der Waals surface area contributed by atoms with Crippen molar-refractivity contribution in [3.05, 3.63) is 12.2 Å². The van der Waals surface area contributed by atoms with E-state index in [1.165, 1.54) is 218 Å². The van der Waals surface area contributed by atoms with E-state index in [1.807, 2.05) is 6.08 Å². The first-order valence-electron chi connectivity index (χ1n) is 29.0. The number of hydrogen-bond donors (Lipinski definition) is 7. The number of aliphatic hydroxyl groups is 6. The van der Waals surface area contributed by atoms with Gasteiger partial charge in [-0.05, 0) is 19.3 Å². The van der Waals surface area contributed by atoms with Gasteiger partial charge in [-0.3, -0.25) is 4.79 Å². The van der Waals surface area contributed by atoms with Crippen molar-refractivity contribution in [2.45, 2.75) is 332 Å². The monoisotopic (exact) mass is 954 g/mol. The zero-order chi connectivity index (χ0) is 48.8. The number of nitrogens with one attached hydrogen (secondary N) is 1. The van der Waals surface area contributed by atoms with Gasteiger partial charge < -0.3 is 45.4 Å². The number of ether oxygens (including phenoxy) is 2. The third-order valence-corrected chi connectivity index (χ3v) is 14.2. The zero-order valence-corrected chi connectivity index (χ0v) is 43.8. The molecular formula is C57H111NO9. The topological polar surface area (TPSA) is 169 Å². The lowest BCUT2D eigenvalue weighted by atomic mass is 9.99. The van der Waals surface area contributed by atoms with Gasteiger partial charge in [-0.1, -0.05) is 276 Å². The lowest BCUT2D eigenvalue weighted by molar-refractivity contribution is -0.302. The highest BCUT2D eigenvalue weighted by Gasteiger charge is 2.44. The fourth-order valence-corrected chi connectivity index (χ4v) is 9.52. The number of carbonyl (C=O) groups is 1. The Bertz CT molecular complexity index is 1080. The maximum atomic E-state index is 13.1. The van der Waals surface area contributed by atoms with Gasteiger partial charge >= 0.3 is 0 Å². The van der Waals surface area contributed by atoms with Crippen molar-refractivity contribution in [2.24, 2.45) is 0 Å². The molecule has 0 bridgehead atoms. The first-order valence-corrected chi connectivity index (χ1v) is 29.0. The van der Waals surface area contributed by atoms with Crippen LogP contribution in [0.4, 0.5) is 0 Å². The van der Waals surface area contributed by atoms with Gasteiger partial charge in [0.2, 0.25) is 5.91 Å². The largest absolute Gasteiger partial charge is 0.394 e. The van der Waals surface area contributed by atoms with E-state index in [9.17, 15) is 35.4 Å². The summed E-state index contributed by atoms with van der Waals surface area (Å²) in [4.78, 5) is 13.1. The van der Waals surface area contributed by atoms with Crippen molar-refractivity contribution in [3.8, 4) is 0 Å². The molecule has 10 nitrogen and oxygen atoms in total. The molecule has 67 heavy (non-hydrogen) atoms. The summed E-state index contributed by atoms with van der Waals surface area (Å²) in [6, 6.07) is -0.976. The second-order valence-electron chi connectivity index (χ2n) is 20.6. The van der Waals surface area contributed by atoms with Gasteiger partial charge in [0.25, 0.3) is 0 Å². The Morgan fingerprint density at radius 1 is 0.507 bits per heavy atom. The van der Waals surface area contributed by atoms with E-state index in [2.05, 4.69) is 19.2 Å². The van der Waals surface area contributed by atoms with Crippen LogP contribution in [-0.2, 0) is 14.3 Å². The molecule has 7 N–H and O–H groups in total. The second kappa shape index (κ2) is 47.2. The van der Waals surface area contributed by atoms with Crippen molar-refractivity contribution >= 4 is 5.91 Å². The number of amides is 1. The summed E-state index contributed by atoms with van der Waals surface area (Å²) in [5.41, 5.74) is 0. The van der Waals surface area contributed by atoms with Crippen molar-refractivity contribution in [3.63, 3.8) is 0 Å². The first kappa shape index (κ1) is 63.9. The molecular weight excluding hydrogens is 843 g/mol. The first-order chi connectivity index (χ1) is 32.8. The van der Waals surface area contributed by atoms with Crippen LogP contribution in [0, 0.1) is 0 Å². The standard InChI is InChI=1S/C57H111NO9/c1-3-5-7-9-11-13-15-17-19-20-21-22-23-24-25-26-27-28-29-30-31-32-34-36-38-40-42-44-46-51(61)56(65)58-49(48-66-57-55(64)54(63)53(62)52(47-59)67-57)50(60)45-43-41-39-37-35-33-18-16-14-12-10-8-6-4-2/h43,45,49-55,57,59-64H,3-42,44,46-48H2,1-2H3,(H,58,65)/b45-43+. The summed E-state index contributed by atoms with van der Waals surface area (Å²) in [6.45, 7) is 3.64. The maximum absolute atomic E-state index is 13.1. The molecule has 1 amide bonds. The van der Waals surface area contributed by atoms with Gasteiger partial charge in [0.05, 0.1) is 25.4 Å². The number of hydrogen-bond acceptors (Lipinski definition) is 9. The molecule has 0 aromatic heterocycles. The molecule has 1 aliphatic heterocycles. The lowest BCUT2D eigenvalue weighted by Gasteiger charge is -2.40. The number of rotatable bonds is 50. The molecule has 0 spiro atoms. The Balaban J connectivity index is 2.19. The number of unbranched alkanes of at least 4 members (excludes halogenated alkanes) is 39. The van der Waals surface area contributed by atoms with E-state index < -0.39 is 61.5 Å². The third-order valence-electron chi connectivity index (χ3n) is 14.2. The van der Waals surface area contributed by atoms with Crippen LogP contribution in [-0.4, -0.2) is 98.7 Å². The number of allylic oxidation sites excluding steroid dienone is 1.